The minimum atomic E-state index is -0.392. The van der Waals surface area contributed by atoms with Gasteiger partial charge in [-0.15, -0.1) is 0 Å². The highest BCUT2D eigenvalue weighted by Gasteiger charge is 2.13. The lowest BCUT2D eigenvalue weighted by atomic mass is 10.1. The molecule has 0 radical (unpaired) electrons. The first-order chi connectivity index (χ1) is 11.9. The number of aryl methyl sites for hydroxylation is 1. The molecule has 0 aliphatic rings. The van der Waals surface area contributed by atoms with Gasteiger partial charge in [-0.2, -0.15) is 10.4 Å². The molecule has 2 aromatic rings. The molecular weight excluding hydrogens is 318 g/mol. The number of hydrogen-bond acceptors (Lipinski definition) is 4. The number of hydrogen-bond donors (Lipinski definition) is 2. The SMILES string of the molecule is COc1ccc(C)cc1CCNC(=O)Nc1nn(C(C)C)cc1C#N. The summed E-state index contributed by atoms with van der Waals surface area (Å²) in [4.78, 5) is 12.1. The van der Waals surface area contributed by atoms with E-state index in [-0.39, 0.29) is 11.9 Å². The molecule has 0 saturated heterocycles. The van der Waals surface area contributed by atoms with Crippen LogP contribution in [-0.2, 0) is 6.42 Å². The molecule has 2 amide bonds. The molecule has 0 spiro atoms. The molecule has 132 valence electrons. The normalized spacial score (nSPS) is 10.4. The van der Waals surface area contributed by atoms with Gasteiger partial charge in [-0.25, -0.2) is 4.79 Å². The number of nitriles is 1. The molecule has 0 fully saturated rings. The summed E-state index contributed by atoms with van der Waals surface area (Å²) in [6.07, 6.45) is 2.27. The van der Waals surface area contributed by atoms with Crippen LogP contribution < -0.4 is 15.4 Å². The van der Waals surface area contributed by atoms with Gasteiger partial charge in [-0.3, -0.25) is 10.00 Å². The number of aromatic nitrogens is 2. The summed E-state index contributed by atoms with van der Waals surface area (Å²) in [6.45, 7) is 6.36. The molecule has 0 unspecified atom stereocenters. The topological polar surface area (TPSA) is 92.0 Å². The van der Waals surface area contributed by atoms with E-state index in [2.05, 4.69) is 15.7 Å². The number of nitrogens with zero attached hydrogens (tertiary/aromatic N) is 3. The standard InChI is InChI=1S/C18H23N5O2/c1-12(2)23-11-15(10-19)17(22-23)21-18(24)20-8-7-14-9-13(3)5-6-16(14)25-4/h5-6,9,11-12H,7-8H2,1-4H3,(H2,20,21,22,24). The highest BCUT2D eigenvalue weighted by Crippen LogP contribution is 2.20. The monoisotopic (exact) mass is 341 g/mol. The predicted octanol–water partition coefficient (Wildman–Crippen LogP) is 3.02. The van der Waals surface area contributed by atoms with Gasteiger partial charge in [-0.05, 0) is 38.8 Å². The molecule has 7 nitrogen and oxygen atoms in total. The van der Waals surface area contributed by atoms with Crippen molar-refractivity contribution in [2.45, 2.75) is 33.2 Å². The third kappa shape index (κ3) is 4.73. The fourth-order valence-corrected chi connectivity index (χ4v) is 2.40. The van der Waals surface area contributed by atoms with E-state index in [0.717, 1.165) is 16.9 Å². The average molecular weight is 341 g/mol. The van der Waals surface area contributed by atoms with E-state index in [1.807, 2.05) is 45.0 Å². The zero-order chi connectivity index (χ0) is 18.4. The Morgan fingerprint density at radius 1 is 1.44 bits per heavy atom. The molecule has 0 bridgehead atoms. The van der Waals surface area contributed by atoms with Crippen LogP contribution in [0.1, 0.15) is 36.6 Å². The number of anilines is 1. The first-order valence-corrected chi connectivity index (χ1v) is 8.12. The van der Waals surface area contributed by atoms with Crippen LogP contribution in [0.3, 0.4) is 0 Å². The minimum Gasteiger partial charge on any atom is -0.496 e. The van der Waals surface area contributed by atoms with Crippen LogP contribution in [0.5, 0.6) is 5.75 Å². The van der Waals surface area contributed by atoms with Gasteiger partial charge in [0.1, 0.15) is 17.4 Å². The second-order valence-corrected chi connectivity index (χ2v) is 6.02. The maximum absolute atomic E-state index is 12.1. The molecule has 2 rings (SSSR count). The van der Waals surface area contributed by atoms with E-state index < -0.39 is 6.03 Å². The van der Waals surface area contributed by atoms with Crippen LogP contribution in [0.4, 0.5) is 10.6 Å². The number of ether oxygens (including phenoxy) is 1. The van der Waals surface area contributed by atoms with Gasteiger partial charge in [0.15, 0.2) is 5.82 Å². The Hall–Kier alpha value is -3.01. The minimum absolute atomic E-state index is 0.111. The van der Waals surface area contributed by atoms with Gasteiger partial charge in [0.25, 0.3) is 0 Å². The maximum atomic E-state index is 12.1. The van der Waals surface area contributed by atoms with Crippen LogP contribution >= 0.6 is 0 Å². The van der Waals surface area contributed by atoms with E-state index in [1.165, 1.54) is 0 Å². The smallest absolute Gasteiger partial charge is 0.320 e. The van der Waals surface area contributed by atoms with Gasteiger partial charge < -0.3 is 10.1 Å². The van der Waals surface area contributed by atoms with Gasteiger partial charge in [-0.1, -0.05) is 17.7 Å². The zero-order valence-corrected chi connectivity index (χ0v) is 15.0. The van der Waals surface area contributed by atoms with Crippen LogP contribution in [0.25, 0.3) is 0 Å². The fourth-order valence-electron chi connectivity index (χ4n) is 2.40. The molecule has 1 heterocycles. The average Bonchev–Trinajstić information content (AvgIpc) is 2.98. The van der Waals surface area contributed by atoms with E-state index in [1.54, 1.807) is 18.0 Å². The van der Waals surface area contributed by atoms with Crippen molar-refractivity contribution < 1.29 is 9.53 Å². The van der Waals surface area contributed by atoms with Crippen LogP contribution in [-0.4, -0.2) is 29.5 Å². The lowest BCUT2D eigenvalue weighted by Crippen LogP contribution is -2.31. The van der Waals surface area contributed by atoms with Crippen molar-refractivity contribution in [3.63, 3.8) is 0 Å². The largest absolute Gasteiger partial charge is 0.496 e. The number of carbonyl (C=O) groups excluding carboxylic acids is 1. The number of urea groups is 1. The number of benzene rings is 1. The Balaban J connectivity index is 1.94. The van der Waals surface area contributed by atoms with Gasteiger partial charge in [0, 0.05) is 18.8 Å². The first-order valence-electron chi connectivity index (χ1n) is 8.12. The van der Waals surface area contributed by atoms with Crippen molar-refractivity contribution in [3.8, 4) is 11.8 Å². The second kappa shape index (κ2) is 8.20. The van der Waals surface area contributed by atoms with Crippen LogP contribution in [0, 0.1) is 18.3 Å². The van der Waals surface area contributed by atoms with Crippen LogP contribution in [0.2, 0.25) is 0 Å². The van der Waals surface area contributed by atoms with Crippen molar-refractivity contribution in [3.05, 3.63) is 41.1 Å². The van der Waals surface area contributed by atoms with Crippen molar-refractivity contribution in [2.24, 2.45) is 0 Å². The van der Waals surface area contributed by atoms with Crippen molar-refractivity contribution >= 4 is 11.8 Å². The highest BCUT2D eigenvalue weighted by atomic mass is 16.5. The van der Waals surface area contributed by atoms with E-state index in [4.69, 9.17) is 10.00 Å². The van der Waals surface area contributed by atoms with Gasteiger partial charge in [0.05, 0.1) is 7.11 Å². The van der Waals surface area contributed by atoms with E-state index >= 15 is 0 Å². The highest BCUT2D eigenvalue weighted by molar-refractivity contribution is 5.89. The lowest BCUT2D eigenvalue weighted by Gasteiger charge is -2.10. The molecule has 25 heavy (non-hydrogen) atoms. The molecule has 0 saturated carbocycles. The number of methoxy groups -OCH3 is 1. The predicted molar refractivity (Wildman–Crippen MR) is 95.8 cm³/mol. The number of amides is 2. The Morgan fingerprint density at radius 2 is 2.20 bits per heavy atom. The molecule has 1 aromatic heterocycles. The molecule has 0 aliphatic heterocycles. The Kier molecular flexibility index (Phi) is 6.01. The van der Waals surface area contributed by atoms with Gasteiger partial charge >= 0.3 is 6.03 Å². The van der Waals surface area contributed by atoms with Gasteiger partial charge in [0.2, 0.25) is 0 Å². The summed E-state index contributed by atoms with van der Waals surface area (Å²) in [6, 6.07) is 7.70. The van der Waals surface area contributed by atoms with E-state index in [9.17, 15) is 4.79 Å². The summed E-state index contributed by atoms with van der Waals surface area (Å²) >= 11 is 0. The van der Waals surface area contributed by atoms with Crippen molar-refractivity contribution in [1.82, 2.24) is 15.1 Å². The number of rotatable bonds is 6. The summed E-state index contributed by atoms with van der Waals surface area (Å²) in [5.74, 6) is 1.07. The third-order valence-corrected chi connectivity index (χ3v) is 3.73. The summed E-state index contributed by atoms with van der Waals surface area (Å²) < 4.78 is 6.98. The fraction of sp³-hybridized carbons (Fsp3) is 0.389. The van der Waals surface area contributed by atoms with E-state index in [0.29, 0.717) is 18.5 Å². The Morgan fingerprint density at radius 3 is 2.84 bits per heavy atom. The van der Waals surface area contributed by atoms with Crippen molar-refractivity contribution in [1.29, 1.82) is 5.26 Å². The van der Waals surface area contributed by atoms with Crippen molar-refractivity contribution in [2.75, 3.05) is 19.0 Å². The number of carbonyl (C=O) groups is 1. The molecule has 0 atom stereocenters. The number of nitrogens with one attached hydrogen (secondary N) is 2. The summed E-state index contributed by atoms with van der Waals surface area (Å²) in [5.41, 5.74) is 2.51. The molecular formula is C18H23N5O2. The quantitative estimate of drug-likeness (QED) is 0.845. The summed E-state index contributed by atoms with van der Waals surface area (Å²) in [5, 5.41) is 18.8. The Labute approximate surface area is 147 Å². The molecule has 0 aliphatic carbocycles. The first kappa shape index (κ1) is 18.3. The third-order valence-electron chi connectivity index (χ3n) is 3.73. The zero-order valence-electron chi connectivity index (χ0n) is 15.0. The maximum Gasteiger partial charge on any atom is 0.320 e. The molecule has 2 N–H and O–H groups in total. The molecule has 1 aromatic carbocycles. The lowest BCUT2D eigenvalue weighted by molar-refractivity contribution is 0.252. The second-order valence-electron chi connectivity index (χ2n) is 6.02. The van der Waals surface area contributed by atoms with Crippen LogP contribution in [0.15, 0.2) is 24.4 Å². The molecule has 7 heteroatoms. The Bertz CT molecular complexity index is 789. The summed E-state index contributed by atoms with van der Waals surface area (Å²) in [7, 11) is 1.63.